The van der Waals surface area contributed by atoms with Crippen LogP contribution in [0.5, 0.6) is 0 Å². The number of aliphatic hydroxyl groups is 1. The van der Waals surface area contributed by atoms with Crippen molar-refractivity contribution in [3.05, 3.63) is 29.8 Å². The third kappa shape index (κ3) is 2.38. The van der Waals surface area contributed by atoms with Crippen molar-refractivity contribution in [1.82, 2.24) is 0 Å². The van der Waals surface area contributed by atoms with Gasteiger partial charge in [-0.15, -0.1) is 0 Å². The summed E-state index contributed by atoms with van der Waals surface area (Å²) in [6.45, 7) is 3.22. The fraction of sp³-hybridized carbons (Fsp3) is 0.647. The summed E-state index contributed by atoms with van der Waals surface area (Å²) >= 11 is 0. The lowest BCUT2D eigenvalue weighted by Gasteiger charge is -2.34. The number of aliphatic hydroxyl groups excluding tert-OH is 1. The molecule has 2 unspecified atom stereocenters. The third-order valence-electron chi connectivity index (χ3n) is 5.00. The molecule has 1 N–H and O–H groups in total. The second-order valence-electron chi connectivity index (χ2n) is 6.08. The van der Waals surface area contributed by atoms with E-state index in [2.05, 4.69) is 30.0 Å². The zero-order valence-corrected chi connectivity index (χ0v) is 11.9. The van der Waals surface area contributed by atoms with Gasteiger partial charge in [-0.05, 0) is 37.7 Å². The number of nitrogens with zero attached hydrogens (tertiary/aromatic N) is 1. The van der Waals surface area contributed by atoms with Crippen LogP contribution < -0.4 is 4.90 Å². The molecular formula is C17H25NO. The first kappa shape index (κ1) is 13.0. The average molecular weight is 259 g/mol. The van der Waals surface area contributed by atoms with Crippen LogP contribution in [-0.2, 0) is 0 Å². The summed E-state index contributed by atoms with van der Waals surface area (Å²) in [5.41, 5.74) is 2.41. The van der Waals surface area contributed by atoms with E-state index in [4.69, 9.17) is 0 Å². The molecule has 2 nitrogen and oxygen atoms in total. The Bertz CT molecular complexity index is 431. The minimum atomic E-state index is -0.321. The SMILES string of the molecule is CC[C@@H](O)c1ccccc1N1CCC2CCCCC21. The van der Waals surface area contributed by atoms with Gasteiger partial charge < -0.3 is 10.0 Å². The van der Waals surface area contributed by atoms with Gasteiger partial charge in [-0.2, -0.15) is 0 Å². The highest BCUT2D eigenvalue weighted by Crippen LogP contribution is 2.41. The minimum absolute atomic E-state index is 0.321. The van der Waals surface area contributed by atoms with Crippen LogP contribution in [-0.4, -0.2) is 17.7 Å². The molecule has 1 saturated carbocycles. The first-order valence-corrected chi connectivity index (χ1v) is 7.85. The van der Waals surface area contributed by atoms with E-state index in [1.807, 2.05) is 6.07 Å². The molecule has 2 fully saturated rings. The van der Waals surface area contributed by atoms with Crippen LogP contribution in [0.1, 0.15) is 57.1 Å². The Morgan fingerprint density at radius 2 is 2.00 bits per heavy atom. The molecule has 0 radical (unpaired) electrons. The second-order valence-corrected chi connectivity index (χ2v) is 6.08. The molecule has 104 valence electrons. The summed E-state index contributed by atoms with van der Waals surface area (Å²) in [6.07, 6.45) is 7.32. The maximum Gasteiger partial charge on any atom is 0.0807 e. The predicted molar refractivity (Wildman–Crippen MR) is 79.4 cm³/mol. The molecule has 2 heteroatoms. The van der Waals surface area contributed by atoms with E-state index in [0.717, 1.165) is 23.9 Å². The normalized spacial score (nSPS) is 28.2. The Labute approximate surface area is 116 Å². The molecule has 0 spiro atoms. The summed E-state index contributed by atoms with van der Waals surface area (Å²) in [5.74, 6) is 0.889. The molecule has 0 aromatic heterocycles. The van der Waals surface area contributed by atoms with Gasteiger partial charge in [0.25, 0.3) is 0 Å². The quantitative estimate of drug-likeness (QED) is 0.890. The van der Waals surface area contributed by atoms with Crippen molar-refractivity contribution in [1.29, 1.82) is 0 Å². The molecule has 1 saturated heterocycles. The van der Waals surface area contributed by atoms with Gasteiger partial charge in [0.15, 0.2) is 0 Å². The van der Waals surface area contributed by atoms with Gasteiger partial charge in [0.2, 0.25) is 0 Å². The van der Waals surface area contributed by atoms with Crippen molar-refractivity contribution in [2.75, 3.05) is 11.4 Å². The predicted octanol–water partition coefficient (Wildman–Crippen LogP) is 3.90. The van der Waals surface area contributed by atoms with E-state index < -0.39 is 0 Å². The maximum atomic E-state index is 10.2. The van der Waals surface area contributed by atoms with Gasteiger partial charge >= 0.3 is 0 Å². The molecule has 2 aliphatic rings. The first-order valence-electron chi connectivity index (χ1n) is 7.85. The molecular weight excluding hydrogens is 234 g/mol. The summed E-state index contributed by atoms with van der Waals surface area (Å²) in [5, 5.41) is 10.2. The largest absolute Gasteiger partial charge is 0.388 e. The van der Waals surface area contributed by atoms with Crippen molar-refractivity contribution >= 4 is 5.69 Å². The molecule has 3 rings (SSSR count). The highest BCUT2D eigenvalue weighted by molar-refractivity contribution is 5.56. The Morgan fingerprint density at radius 3 is 2.84 bits per heavy atom. The number of rotatable bonds is 3. The van der Waals surface area contributed by atoms with Gasteiger partial charge in [-0.1, -0.05) is 38.0 Å². The smallest absolute Gasteiger partial charge is 0.0807 e. The lowest BCUT2D eigenvalue weighted by molar-refractivity contribution is 0.174. The zero-order chi connectivity index (χ0) is 13.2. The Morgan fingerprint density at radius 1 is 1.21 bits per heavy atom. The average Bonchev–Trinajstić information content (AvgIpc) is 2.90. The van der Waals surface area contributed by atoms with Gasteiger partial charge in [0.05, 0.1) is 6.10 Å². The summed E-state index contributed by atoms with van der Waals surface area (Å²) in [7, 11) is 0. The molecule has 1 aliphatic carbocycles. The topological polar surface area (TPSA) is 23.5 Å². The highest BCUT2D eigenvalue weighted by Gasteiger charge is 2.36. The van der Waals surface area contributed by atoms with Crippen LogP contribution in [0.3, 0.4) is 0 Å². The van der Waals surface area contributed by atoms with Crippen molar-refractivity contribution < 1.29 is 5.11 Å². The molecule has 3 atom stereocenters. The Kier molecular flexibility index (Phi) is 3.79. The van der Waals surface area contributed by atoms with E-state index >= 15 is 0 Å². The molecule has 1 aliphatic heterocycles. The Hall–Kier alpha value is -1.02. The van der Waals surface area contributed by atoms with Crippen molar-refractivity contribution in [2.24, 2.45) is 5.92 Å². The second kappa shape index (κ2) is 5.54. The summed E-state index contributed by atoms with van der Waals surface area (Å²) in [6, 6.07) is 9.17. The third-order valence-corrected chi connectivity index (χ3v) is 5.00. The van der Waals surface area contributed by atoms with Crippen molar-refractivity contribution in [3.63, 3.8) is 0 Å². The lowest BCUT2D eigenvalue weighted by Crippen LogP contribution is -2.35. The van der Waals surface area contributed by atoms with Crippen LogP contribution in [0.15, 0.2) is 24.3 Å². The Balaban J connectivity index is 1.89. The number of hydrogen-bond acceptors (Lipinski definition) is 2. The van der Waals surface area contributed by atoms with Crippen molar-refractivity contribution in [2.45, 2.75) is 57.6 Å². The molecule has 19 heavy (non-hydrogen) atoms. The summed E-state index contributed by atoms with van der Waals surface area (Å²) in [4.78, 5) is 2.58. The number of anilines is 1. The molecule has 0 amide bonds. The van der Waals surface area contributed by atoms with Gasteiger partial charge in [-0.3, -0.25) is 0 Å². The molecule has 0 bridgehead atoms. The summed E-state index contributed by atoms with van der Waals surface area (Å²) < 4.78 is 0. The van der Waals surface area contributed by atoms with Crippen LogP contribution in [0.25, 0.3) is 0 Å². The van der Waals surface area contributed by atoms with E-state index in [9.17, 15) is 5.11 Å². The zero-order valence-electron chi connectivity index (χ0n) is 11.9. The number of benzene rings is 1. The van der Waals surface area contributed by atoms with E-state index in [0.29, 0.717) is 0 Å². The fourth-order valence-electron chi connectivity index (χ4n) is 3.96. The van der Waals surface area contributed by atoms with Gasteiger partial charge in [0.1, 0.15) is 0 Å². The van der Waals surface area contributed by atoms with Crippen molar-refractivity contribution in [3.8, 4) is 0 Å². The van der Waals surface area contributed by atoms with Gasteiger partial charge in [0, 0.05) is 23.8 Å². The molecule has 1 aromatic rings. The molecule has 1 heterocycles. The maximum absolute atomic E-state index is 10.2. The standard InChI is InChI=1S/C17H25NO/c1-2-17(19)14-8-4-6-10-16(14)18-12-11-13-7-3-5-9-15(13)18/h4,6,8,10,13,15,17,19H,2-3,5,7,9,11-12H2,1H3/t13?,15?,17-/m1/s1. The highest BCUT2D eigenvalue weighted by atomic mass is 16.3. The minimum Gasteiger partial charge on any atom is -0.388 e. The van der Waals surface area contributed by atoms with E-state index in [-0.39, 0.29) is 6.10 Å². The fourth-order valence-corrected chi connectivity index (χ4v) is 3.96. The number of hydrogen-bond donors (Lipinski definition) is 1. The van der Waals surface area contributed by atoms with Crippen LogP contribution >= 0.6 is 0 Å². The van der Waals surface area contributed by atoms with Crippen LogP contribution in [0.4, 0.5) is 5.69 Å². The monoisotopic (exact) mass is 259 g/mol. The van der Waals surface area contributed by atoms with Gasteiger partial charge in [-0.25, -0.2) is 0 Å². The lowest BCUT2D eigenvalue weighted by atomic mass is 9.85. The molecule has 1 aromatic carbocycles. The van der Waals surface area contributed by atoms with Crippen LogP contribution in [0.2, 0.25) is 0 Å². The van der Waals surface area contributed by atoms with E-state index in [1.54, 1.807) is 0 Å². The van der Waals surface area contributed by atoms with Crippen LogP contribution in [0, 0.1) is 5.92 Å². The number of para-hydroxylation sites is 1. The number of fused-ring (bicyclic) bond motifs is 1. The van der Waals surface area contributed by atoms with E-state index in [1.165, 1.54) is 44.3 Å². The first-order chi connectivity index (χ1) is 9.31.